The van der Waals surface area contributed by atoms with Gasteiger partial charge in [0.2, 0.25) is 0 Å². The molecule has 0 bridgehead atoms. The molecule has 0 aliphatic carbocycles. The molecule has 1 atom stereocenters. The molecule has 0 amide bonds. The maximum Gasteiger partial charge on any atom is 0.338 e. The topological polar surface area (TPSA) is 109 Å². The number of ether oxygens (including phenoxy) is 3. The second-order valence-electron chi connectivity index (χ2n) is 9.92. The van der Waals surface area contributed by atoms with Crippen molar-refractivity contribution < 1.29 is 28.2 Å². The number of methoxy groups -OCH3 is 1. The van der Waals surface area contributed by atoms with Crippen molar-refractivity contribution >= 4 is 45.3 Å². The number of carbonyl (C=O) groups excluding carboxylic acids is 2. The number of hydrogen-bond donors (Lipinski definition) is 0. The Kier molecular flexibility index (Phi) is 8.84. The number of aromatic nitrogens is 1. The quantitative estimate of drug-likeness (QED) is 0.232. The molecule has 11 heteroatoms. The second-order valence-corrected chi connectivity index (χ2v) is 11.8. The van der Waals surface area contributed by atoms with Crippen LogP contribution in [0.3, 0.4) is 0 Å². The van der Waals surface area contributed by atoms with E-state index in [0.29, 0.717) is 50.0 Å². The third-order valence-corrected chi connectivity index (χ3v) is 8.13. The summed E-state index contributed by atoms with van der Waals surface area (Å²) in [7, 11) is 1.54. The van der Waals surface area contributed by atoms with Crippen LogP contribution in [0.15, 0.2) is 84.5 Å². The Morgan fingerprint density at radius 2 is 1.86 bits per heavy atom. The summed E-state index contributed by atoms with van der Waals surface area (Å²) in [6.07, 6.45) is 1.29. The maximum atomic E-state index is 14.0. The minimum absolute atomic E-state index is 0.260. The van der Waals surface area contributed by atoms with Crippen LogP contribution in [-0.4, -0.2) is 36.3 Å². The summed E-state index contributed by atoms with van der Waals surface area (Å²) < 4.78 is 25.0. The minimum Gasteiger partial charge on any atom is -0.496 e. The van der Waals surface area contributed by atoms with E-state index in [1.807, 2.05) is 12.1 Å². The fourth-order valence-corrected chi connectivity index (χ4v) is 6.18. The van der Waals surface area contributed by atoms with Crippen molar-refractivity contribution in [3.63, 3.8) is 0 Å². The van der Waals surface area contributed by atoms with E-state index >= 15 is 0 Å². The van der Waals surface area contributed by atoms with Crippen molar-refractivity contribution in [1.29, 1.82) is 0 Å². The van der Waals surface area contributed by atoms with Gasteiger partial charge in [-0.05, 0) is 70.2 Å². The molecule has 222 valence electrons. The van der Waals surface area contributed by atoms with Gasteiger partial charge < -0.3 is 18.6 Å². The second kappa shape index (κ2) is 12.6. The molecule has 4 aromatic rings. The first kappa shape index (κ1) is 30.2. The van der Waals surface area contributed by atoms with E-state index in [9.17, 15) is 14.4 Å². The molecule has 0 N–H and O–H groups in total. The van der Waals surface area contributed by atoms with Crippen LogP contribution >= 0.6 is 27.3 Å². The number of nitrogens with zero attached hydrogens (tertiary/aromatic N) is 2. The standard InChI is InChI=1S/C32H29BrN2O7S/c1-6-40-30(37)20-9-7-19(8-10-20)24-14-12-22(42-24)16-26-29(36)35-28(23-15-21(33)11-13-25(23)39-5)27(31(38)41-17(2)3)18(4)34-32(35)43-26/h7-17,28H,6H2,1-5H3/b26-16-/t28-/m1/s1. The number of esters is 2. The number of halogens is 1. The molecule has 0 fully saturated rings. The fraction of sp³-hybridized carbons (Fsp3) is 0.250. The lowest BCUT2D eigenvalue weighted by molar-refractivity contribution is -0.143. The van der Waals surface area contributed by atoms with Crippen LogP contribution in [-0.2, 0) is 14.3 Å². The summed E-state index contributed by atoms with van der Waals surface area (Å²) in [6.45, 7) is 7.32. The molecule has 9 nitrogen and oxygen atoms in total. The number of allylic oxidation sites excluding steroid dienone is 1. The average molecular weight is 666 g/mol. The molecule has 43 heavy (non-hydrogen) atoms. The number of thiazole rings is 1. The third kappa shape index (κ3) is 6.14. The van der Waals surface area contributed by atoms with Gasteiger partial charge in [-0.15, -0.1) is 0 Å². The molecule has 2 aromatic heterocycles. The highest BCUT2D eigenvalue weighted by atomic mass is 79.9. The molecule has 0 radical (unpaired) electrons. The van der Waals surface area contributed by atoms with Gasteiger partial charge in [-0.1, -0.05) is 39.4 Å². The zero-order valence-corrected chi connectivity index (χ0v) is 26.6. The number of fused-ring (bicyclic) bond motifs is 1. The van der Waals surface area contributed by atoms with E-state index in [4.69, 9.17) is 18.6 Å². The van der Waals surface area contributed by atoms with Crippen molar-refractivity contribution in [2.75, 3.05) is 13.7 Å². The number of benzene rings is 2. The first-order valence-corrected chi connectivity index (χ1v) is 15.2. The van der Waals surface area contributed by atoms with E-state index in [0.717, 1.165) is 10.0 Å². The minimum atomic E-state index is -0.831. The van der Waals surface area contributed by atoms with E-state index in [2.05, 4.69) is 20.9 Å². The molecule has 1 aliphatic rings. The van der Waals surface area contributed by atoms with Gasteiger partial charge in [-0.25, -0.2) is 14.6 Å². The van der Waals surface area contributed by atoms with Gasteiger partial charge in [-0.3, -0.25) is 9.36 Å². The molecule has 0 unspecified atom stereocenters. The SMILES string of the molecule is CCOC(=O)c1ccc(-c2ccc(/C=c3\sc4n(c3=O)[C@H](c3cc(Br)ccc3OC)C(C(=O)OC(C)C)=C(C)N=4)o2)cc1. The average Bonchev–Trinajstić information content (AvgIpc) is 3.56. The summed E-state index contributed by atoms with van der Waals surface area (Å²) in [5.41, 5.74) is 2.20. The Labute approximate surface area is 259 Å². The highest BCUT2D eigenvalue weighted by molar-refractivity contribution is 9.10. The highest BCUT2D eigenvalue weighted by Crippen LogP contribution is 2.37. The van der Waals surface area contributed by atoms with Crippen molar-refractivity contribution in [3.05, 3.63) is 107 Å². The Morgan fingerprint density at radius 3 is 2.53 bits per heavy atom. The highest BCUT2D eigenvalue weighted by Gasteiger charge is 2.35. The third-order valence-electron chi connectivity index (χ3n) is 6.65. The number of hydrogen-bond acceptors (Lipinski definition) is 9. The molecule has 0 spiro atoms. The van der Waals surface area contributed by atoms with Gasteiger partial charge >= 0.3 is 11.9 Å². The summed E-state index contributed by atoms with van der Waals surface area (Å²) in [4.78, 5) is 44.4. The maximum absolute atomic E-state index is 14.0. The van der Waals surface area contributed by atoms with Crippen LogP contribution in [0.25, 0.3) is 17.4 Å². The predicted octanol–water partition coefficient (Wildman–Crippen LogP) is 5.39. The molecule has 3 heterocycles. The van der Waals surface area contributed by atoms with Crippen LogP contribution < -0.4 is 19.6 Å². The Bertz CT molecular complexity index is 1920. The van der Waals surface area contributed by atoms with Crippen LogP contribution in [0, 0.1) is 0 Å². The predicted molar refractivity (Wildman–Crippen MR) is 166 cm³/mol. The molecular weight excluding hydrogens is 636 g/mol. The first-order chi connectivity index (χ1) is 20.6. The molecule has 5 rings (SSSR count). The van der Waals surface area contributed by atoms with Crippen molar-refractivity contribution in [2.24, 2.45) is 4.99 Å². The van der Waals surface area contributed by atoms with Gasteiger partial charge in [0.05, 0.1) is 41.2 Å². The van der Waals surface area contributed by atoms with E-state index in [1.165, 1.54) is 23.0 Å². The summed E-state index contributed by atoms with van der Waals surface area (Å²) in [6, 6.07) is 15.1. The largest absolute Gasteiger partial charge is 0.496 e. The molecule has 0 saturated carbocycles. The zero-order valence-electron chi connectivity index (χ0n) is 24.2. The van der Waals surface area contributed by atoms with Crippen molar-refractivity contribution in [2.45, 2.75) is 39.8 Å². The van der Waals surface area contributed by atoms with Gasteiger partial charge in [0.15, 0.2) is 4.80 Å². The zero-order chi connectivity index (χ0) is 30.8. The lowest BCUT2D eigenvalue weighted by Gasteiger charge is -2.26. The van der Waals surface area contributed by atoms with Crippen LogP contribution in [0.2, 0.25) is 0 Å². The number of carbonyl (C=O) groups is 2. The van der Waals surface area contributed by atoms with E-state index in [1.54, 1.807) is 76.2 Å². The normalized spacial score (nSPS) is 14.9. The Balaban J connectivity index is 1.59. The number of rotatable bonds is 8. The van der Waals surface area contributed by atoms with E-state index in [-0.39, 0.29) is 23.2 Å². The Morgan fingerprint density at radius 1 is 1.12 bits per heavy atom. The summed E-state index contributed by atoms with van der Waals surface area (Å²) in [5.74, 6) is 0.598. The number of furan rings is 1. The summed E-state index contributed by atoms with van der Waals surface area (Å²) >= 11 is 4.71. The van der Waals surface area contributed by atoms with Crippen molar-refractivity contribution in [3.8, 4) is 17.1 Å². The van der Waals surface area contributed by atoms with E-state index < -0.39 is 12.0 Å². The smallest absolute Gasteiger partial charge is 0.338 e. The van der Waals surface area contributed by atoms with Crippen LogP contribution in [0.1, 0.15) is 55.4 Å². The van der Waals surface area contributed by atoms with Crippen LogP contribution in [0.5, 0.6) is 5.75 Å². The lowest BCUT2D eigenvalue weighted by atomic mass is 9.95. The molecule has 1 aliphatic heterocycles. The van der Waals surface area contributed by atoms with Gasteiger partial charge in [0, 0.05) is 21.7 Å². The van der Waals surface area contributed by atoms with Crippen LogP contribution in [0.4, 0.5) is 0 Å². The summed E-state index contributed by atoms with van der Waals surface area (Å²) in [5, 5.41) is 0. The van der Waals surface area contributed by atoms with Gasteiger partial charge in [0.25, 0.3) is 5.56 Å². The lowest BCUT2D eigenvalue weighted by Crippen LogP contribution is -2.40. The fourth-order valence-electron chi connectivity index (χ4n) is 4.77. The van der Waals surface area contributed by atoms with Crippen molar-refractivity contribution in [1.82, 2.24) is 4.57 Å². The van der Waals surface area contributed by atoms with Gasteiger partial charge in [0.1, 0.15) is 23.3 Å². The monoisotopic (exact) mass is 664 g/mol. The molecular formula is C32H29BrN2O7S. The van der Waals surface area contributed by atoms with Gasteiger partial charge in [-0.2, -0.15) is 0 Å². The first-order valence-electron chi connectivity index (χ1n) is 13.6. The molecule has 0 saturated heterocycles. The molecule has 2 aromatic carbocycles. The Hall–Kier alpha value is -4.22.